The number of amides is 1. The number of hydrogen-bond donors (Lipinski definition) is 1. The molecule has 0 aliphatic heterocycles. The maximum Gasteiger partial charge on any atom is 0.248 e. The van der Waals surface area contributed by atoms with Gasteiger partial charge in [-0.2, -0.15) is 0 Å². The molecule has 2 heterocycles. The van der Waals surface area contributed by atoms with Crippen molar-refractivity contribution in [2.24, 2.45) is 0 Å². The minimum absolute atomic E-state index is 0.259. The summed E-state index contributed by atoms with van der Waals surface area (Å²) >= 11 is 0. The molecule has 0 atom stereocenters. The van der Waals surface area contributed by atoms with Crippen LogP contribution in [0.25, 0.3) is 12.0 Å². The molecule has 0 saturated heterocycles. The van der Waals surface area contributed by atoms with Crippen molar-refractivity contribution in [3.8, 4) is 11.7 Å². The van der Waals surface area contributed by atoms with Gasteiger partial charge >= 0.3 is 0 Å². The zero-order chi connectivity index (χ0) is 16.8. The number of carbonyl (C=O) groups excluding carboxylic acids is 1. The molecule has 3 aromatic rings. The molecule has 7 nitrogen and oxygen atoms in total. The molecule has 1 N–H and O–H groups in total. The lowest BCUT2D eigenvalue weighted by atomic mass is 10.2. The predicted molar refractivity (Wildman–Crippen MR) is 89.8 cm³/mol. The number of nitrogens with one attached hydrogen (secondary N) is 1. The van der Waals surface area contributed by atoms with Gasteiger partial charge in [0.25, 0.3) is 0 Å². The average Bonchev–Trinajstić information content (AvgIpc) is 3.16. The van der Waals surface area contributed by atoms with E-state index in [4.69, 9.17) is 4.74 Å². The third kappa shape index (κ3) is 3.83. The van der Waals surface area contributed by atoms with Crippen molar-refractivity contribution in [2.45, 2.75) is 0 Å². The SMILES string of the molecule is COc1ccc(/C=C/C(=O)Nc2cnc(-n3ccnc3)nc2)cc1. The topological polar surface area (TPSA) is 81.9 Å². The van der Waals surface area contributed by atoms with Crippen LogP contribution in [-0.2, 0) is 4.79 Å². The summed E-state index contributed by atoms with van der Waals surface area (Å²) in [4.78, 5) is 24.2. The number of imidazole rings is 1. The Kier molecular flexibility index (Phi) is 4.62. The molecule has 120 valence electrons. The van der Waals surface area contributed by atoms with Crippen molar-refractivity contribution in [3.63, 3.8) is 0 Å². The Morgan fingerprint density at radius 2 is 1.96 bits per heavy atom. The first kappa shape index (κ1) is 15.4. The van der Waals surface area contributed by atoms with Crippen molar-refractivity contribution in [1.82, 2.24) is 19.5 Å². The summed E-state index contributed by atoms with van der Waals surface area (Å²) in [6.07, 6.45) is 11.2. The summed E-state index contributed by atoms with van der Waals surface area (Å²) in [5.41, 5.74) is 1.42. The van der Waals surface area contributed by atoms with E-state index in [0.29, 0.717) is 11.6 Å². The number of methoxy groups -OCH3 is 1. The van der Waals surface area contributed by atoms with Crippen LogP contribution >= 0.6 is 0 Å². The van der Waals surface area contributed by atoms with Crippen LogP contribution in [0.4, 0.5) is 5.69 Å². The molecule has 3 rings (SSSR count). The number of benzene rings is 1. The number of hydrogen-bond acceptors (Lipinski definition) is 5. The summed E-state index contributed by atoms with van der Waals surface area (Å²) < 4.78 is 6.76. The Balaban J connectivity index is 1.60. The summed E-state index contributed by atoms with van der Waals surface area (Å²) in [6, 6.07) is 7.40. The number of aromatic nitrogens is 4. The van der Waals surface area contributed by atoms with E-state index >= 15 is 0 Å². The molecule has 7 heteroatoms. The molecule has 0 radical (unpaired) electrons. The van der Waals surface area contributed by atoms with Crippen molar-refractivity contribution in [3.05, 3.63) is 67.0 Å². The third-order valence-corrected chi connectivity index (χ3v) is 3.18. The fourth-order valence-corrected chi connectivity index (χ4v) is 1.97. The smallest absolute Gasteiger partial charge is 0.248 e. The van der Waals surface area contributed by atoms with Gasteiger partial charge < -0.3 is 10.1 Å². The molecule has 24 heavy (non-hydrogen) atoms. The normalized spacial score (nSPS) is 10.7. The minimum Gasteiger partial charge on any atom is -0.497 e. The van der Waals surface area contributed by atoms with Crippen LogP contribution in [0.15, 0.2) is 61.5 Å². The molecule has 0 aliphatic rings. The number of rotatable bonds is 5. The van der Waals surface area contributed by atoms with E-state index in [1.807, 2.05) is 24.3 Å². The van der Waals surface area contributed by atoms with E-state index < -0.39 is 0 Å². The first-order chi connectivity index (χ1) is 11.7. The summed E-state index contributed by atoms with van der Waals surface area (Å²) in [5, 5.41) is 2.71. The van der Waals surface area contributed by atoms with Crippen LogP contribution in [0, 0.1) is 0 Å². The summed E-state index contributed by atoms with van der Waals surface area (Å²) in [5.74, 6) is 0.996. The monoisotopic (exact) mass is 321 g/mol. The number of carbonyl (C=O) groups is 1. The molecular weight excluding hydrogens is 306 g/mol. The number of ether oxygens (including phenoxy) is 1. The van der Waals surface area contributed by atoms with Gasteiger partial charge in [0.15, 0.2) is 0 Å². The quantitative estimate of drug-likeness (QED) is 0.729. The lowest BCUT2D eigenvalue weighted by Gasteiger charge is -2.03. The van der Waals surface area contributed by atoms with Crippen LogP contribution in [0.2, 0.25) is 0 Å². The molecule has 0 saturated carbocycles. The van der Waals surface area contributed by atoms with Gasteiger partial charge in [0.05, 0.1) is 25.2 Å². The molecule has 1 amide bonds. The lowest BCUT2D eigenvalue weighted by molar-refractivity contribution is -0.111. The van der Waals surface area contributed by atoms with Crippen molar-refractivity contribution in [1.29, 1.82) is 0 Å². The molecule has 0 unspecified atom stereocenters. The zero-order valence-corrected chi connectivity index (χ0v) is 13.0. The number of nitrogens with zero attached hydrogens (tertiary/aromatic N) is 4. The second-order valence-electron chi connectivity index (χ2n) is 4.84. The van der Waals surface area contributed by atoms with Crippen LogP contribution in [0.3, 0.4) is 0 Å². The van der Waals surface area contributed by atoms with Crippen molar-refractivity contribution in [2.75, 3.05) is 12.4 Å². The second-order valence-corrected chi connectivity index (χ2v) is 4.84. The molecule has 0 bridgehead atoms. The van der Waals surface area contributed by atoms with E-state index in [1.165, 1.54) is 6.08 Å². The highest BCUT2D eigenvalue weighted by atomic mass is 16.5. The van der Waals surface area contributed by atoms with Crippen LogP contribution in [0.1, 0.15) is 5.56 Å². The fourth-order valence-electron chi connectivity index (χ4n) is 1.97. The average molecular weight is 321 g/mol. The molecule has 0 aliphatic carbocycles. The van der Waals surface area contributed by atoms with Gasteiger partial charge in [-0.05, 0) is 23.8 Å². The maximum absolute atomic E-state index is 11.9. The predicted octanol–water partition coefficient (Wildman–Crippen LogP) is 2.32. The third-order valence-electron chi connectivity index (χ3n) is 3.18. The molecule has 0 spiro atoms. The van der Waals surface area contributed by atoms with Crippen molar-refractivity contribution < 1.29 is 9.53 Å². The molecule has 1 aromatic carbocycles. The van der Waals surface area contributed by atoms with Gasteiger partial charge in [-0.1, -0.05) is 12.1 Å². The van der Waals surface area contributed by atoms with Crippen LogP contribution in [-0.4, -0.2) is 32.5 Å². The molecule has 0 fully saturated rings. The summed E-state index contributed by atoms with van der Waals surface area (Å²) in [6.45, 7) is 0. The molecule has 2 aromatic heterocycles. The highest BCUT2D eigenvalue weighted by Gasteiger charge is 2.02. The Hall–Kier alpha value is -3.48. The van der Waals surface area contributed by atoms with Crippen LogP contribution in [0.5, 0.6) is 5.75 Å². The maximum atomic E-state index is 11.9. The zero-order valence-electron chi connectivity index (χ0n) is 13.0. The Morgan fingerprint density at radius 1 is 1.21 bits per heavy atom. The van der Waals surface area contributed by atoms with Crippen LogP contribution < -0.4 is 10.1 Å². The number of anilines is 1. The fraction of sp³-hybridized carbons (Fsp3) is 0.0588. The Morgan fingerprint density at radius 3 is 2.58 bits per heavy atom. The first-order valence-electron chi connectivity index (χ1n) is 7.18. The Labute approximate surface area is 138 Å². The van der Waals surface area contributed by atoms with Gasteiger partial charge in [0.1, 0.15) is 12.1 Å². The van der Waals surface area contributed by atoms with E-state index in [2.05, 4.69) is 20.3 Å². The highest BCUT2D eigenvalue weighted by molar-refractivity contribution is 6.01. The lowest BCUT2D eigenvalue weighted by Crippen LogP contribution is -2.09. The van der Waals surface area contributed by atoms with E-state index in [1.54, 1.807) is 48.9 Å². The van der Waals surface area contributed by atoms with E-state index in [-0.39, 0.29) is 5.91 Å². The van der Waals surface area contributed by atoms with E-state index in [0.717, 1.165) is 11.3 Å². The van der Waals surface area contributed by atoms with Gasteiger partial charge in [-0.3, -0.25) is 9.36 Å². The van der Waals surface area contributed by atoms with E-state index in [9.17, 15) is 4.79 Å². The summed E-state index contributed by atoms with van der Waals surface area (Å²) in [7, 11) is 1.61. The first-order valence-corrected chi connectivity index (χ1v) is 7.18. The standard InChI is InChI=1S/C17H15N5O2/c1-24-15-5-2-13(3-6-15)4-7-16(23)21-14-10-19-17(20-11-14)22-9-8-18-12-22/h2-12H,1H3,(H,21,23)/b7-4+. The largest absolute Gasteiger partial charge is 0.497 e. The highest BCUT2D eigenvalue weighted by Crippen LogP contribution is 2.12. The van der Waals surface area contributed by atoms with Gasteiger partial charge in [0, 0.05) is 18.5 Å². The van der Waals surface area contributed by atoms with Gasteiger partial charge in [-0.15, -0.1) is 0 Å². The molecular formula is C17H15N5O2. The Bertz CT molecular complexity index is 824. The van der Waals surface area contributed by atoms with Crippen molar-refractivity contribution >= 4 is 17.7 Å². The second kappa shape index (κ2) is 7.19. The van der Waals surface area contributed by atoms with Gasteiger partial charge in [-0.25, -0.2) is 15.0 Å². The van der Waals surface area contributed by atoms with Gasteiger partial charge in [0.2, 0.25) is 11.9 Å². The minimum atomic E-state index is -0.259.